The Labute approximate surface area is 147 Å². The Bertz CT molecular complexity index is 638. The molecule has 1 saturated heterocycles. The molecule has 0 saturated carbocycles. The average Bonchev–Trinajstić information content (AvgIpc) is 2.63. The lowest BCUT2D eigenvalue weighted by molar-refractivity contribution is -0.138. The maximum Gasteiger partial charge on any atom is 0.491 e. The molecule has 0 spiro atoms. The van der Waals surface area contributed by atoms with E-state index in [1.54, 1.807) is 6.08 Å². The SMILES string of the molecule is Cc1cc(C=C(CS)B2OC(C)(C)C(C)(C)O2)ccc1C(F)(F)F. The van der Waals surface area contributed by atoms with E-state index in [0.29, 0.717) is 11.3 Å². The lowest BCUT2D eigenvalue weighted by Crippen LogP contribution is -2.41. The van der Waals surface area contributed by atoms with Gasteiger partial charge >= 0.3 is 13.3 Å². The fourth-order valence-electron chi connectivity index (χ4n) is 2.49. The summed E-state index contributed by atoms with van der Waals surface area (Å²) < 4.78 is 50.5. The largest absolute Gasteiger partial charge is 0.491 e. The van der Waals surface area contributed by atoms with E-state index in [-0.39, 0.29) is 5.56 Å². The molecule has 2 nitrogen and oxygen atoms in total. The van der Waals surface area contributed by atoms with Gasteiger partial charge in [-0.25, -0.2) is 0 Å². The van der Waals surface area contributed by atoms with Crippen LogP contribution in [0.15, 0.2) is 23.7 Å². The van der Waals surface area contributed by atoms with E-state index in [1.807, 2.05) is 27.7 Å². The fraction of sp³-hybridized carbons (Fsp3) is 0.529. The minimum absolute atomic E-state index is 0.184. The van der Waals surface area contributed by atoms with Crippen molar-refractivity contribution >= 4 is 25.8 Å². The molecule has 1 aromatic carbocycles. The highest BCUT2D eigenvalue weighted by Crippen LogP contribution is 2.39. The topological polar surface area (TPSA) is 18.5 Å². The maximum atomic E-state index is 12.9. The van der Waals surface area contributed by atoms with Crippen molar-refractivity contribution in [3.63, 3.8) is 0 Å². The Balaban J connectivity index is 2.31. The number of halogens is 3. The van der Waals surface area contributed by atoms with Crippen LogP contribution >= 0.6 is 12.6 Å². The summed E-state index contributed by atoms with van der Waals surface area (Å²) in [5, 5.41) is 0. The van der Waals surface area contributed by atoms with Gasteiger partial charge in [0, 0.05) is 5.75 Å². The van der Waals surface area contributed by atoms with Gasteiger partial charge in [-0.05, 0) is 57.3 Å². The maximum absolute atomic E-state index is 12.9. The third kappa shape index (κ3) is 3.84. The normalized spacial score (nSPS) is 20.5. The Kier molecular flexibility index (Phi) is 5.20. The van der Waals surface area contributed by atoms with E-state index in [0.717, 1.165) is 11.5 Å². The van der Waals surface area contributed by atoms with Gasteiger partial charge in [-0.1, -0.05) is 18.2 Å². The van der Waals surface area contributed by atoms with Crippen LogP contribution in [0.4, 0.5) is 13.2 Å². The van der Waals surface area contributed by atoms with Crippen LogP contribution in [-0.2, 0) is 15.5 Å². The Morgan fingerprint density at radius 1 is 1.17 bits per heavy atom. The van der Waals surface area contributed by atoms with Crippen LogP contribution in [0.2, 0.25) is 0 Å². The zero-order valence-corrected chi connectivity index (χ0v) is 15.4. The molecule has 0 amide bonds. The van der Waals surface area contributed by atoms with Gasteiger partial charge in [0.1, 0.15) is 0 Å². The monoisotopic (exact) mass is 358 g/mol. The van der Waals surface area contributed by atoms with Crippen LogP contribution in [-0.4, -0.2) is 24.1 Å². The predicted molar refractivity (Wildman–Crippen MR) is 94.1 cm³/mol. The molecule has 2 rings (SSSR count). The van der Waals surface area contributed by atoms with E-state index in [1.165, 1.54) is 19.1 Å². The van der Waals surface area contributed by atoms with Crippen LogP contribution in [0.3, 0.4) is 0 Å². The smallest absolute Gasteiger partial charge is 0.400 e. The van der Waals surface area contributed by atoms with Crippen molar-refractivity contribution in [1.29, 1.82) is 0 Å². The number of hydrogen-bond acceptors (Lipinski definition) is 3. The summed E-state index contributed by atoms with van der Waals surface area (Å²) in [4.78, 5) is 0. The molecular weight excluding hydrogens is 336 g/mol. The van der Waals surface area contributed by atoms with Crippen molar-refractivity contribution in [2.75, 3.05) is 5.75 Å². The lowest BCUT2D eigenvalue weighted by atomic mass is 9.78. The molecule has 7 heteroatoms. The van der Waals surface area contributed by atoms with E-state index >= 15 is 0 Å². The fourth-order valence-corrected chi connectivity index (χ4v) is 2.73. The number of hydrogen-bond donors (Lipinski definition) is 1. The van der Waals surface area contributed by atoms with Gasteiger partial charge in [-0.2, -0.15) is 25.8 Å². The van der Waals surface area contributed by atoms with Crippen molar-refractivity contribution in [3.8, 4) is 0 Å². The molecule has 0 radical (unpaired) electrons. The second-order valence-electron chi connectivity index (χ2n) is 7.04. The highest BCUT2D eigenvalue weighted by molar-refractivity contribution is 7.80. The van der Waals surface area contributed by atoms with Gasteiger partial charge in [0.25, 0.3) is 0 Å². The van der Waals surface area contributed by atoms with Crippen molar-refractivity contribution < 1.29 is 22.5 Å². The van der Waals surface area contributed by atoms with Gasteiger partial charge in [-0.3, -0.25) is 0 Å². The minimum atomic E-state index is -4.34. The van der Waals surface area contributed by atoms with E-state index < -0.39 is 30.1 Å². The summed E-state index contributed by atoms with van der Waals surface area (Å²) >= 11 is 4.32. The van der Waals surface area contributed by atoms with Gasteiger partial charge < -0.3 is 9.31 Å². The predicted octanol–water partition coefficient (Wildman–Crippen LogP) is 4.96. The Morgan fingerprint density at radius 2 is 1.71 bits per heavy atom. The average molecular weight is 358 g/mol. The highest BCUT2D eigenvalue weighted by Gasteiger charge is 2.52. The van der Waals surface area contributed by atoms with Crippen LogP contribution in [0.5, 0.6) is 0 Å². The first-order chi connectivity index (χ1) is 10.9. The van der Waals surface area contributed by atoms with Gasteiger partial charge in [0.15, 0.2) is 0 Å². The summed E-state index contributed by atoms with van der Waals surface area (Å²) in [6.07, 6.45) is -2.56. The zero-order chi connectivity index (χ0) is 18.3. The molecule has 24 heavy (non-hydrogen) atoms. The summed E-state index contributed by atoms with van der Waals surface area (Å²) in [7, 11) is -0.560. The molecule has 1 aromatic rings. The van der Waals surface area contributed by atoms with E-state index in [4.69, 9.17) is 9.31 Å². The Hall–Kier alpha value is -0.915. The van der Waals surface area contributed by atoms with Gasteiger partial charge in [0.05, 0.1) is 16.8 Å². The lowest BCUT2D eigenvalue weighted by Gasteiger charge is -2.32. The standard InChI is InChI=1S/C17H22BF3O2S/c1-11-8-12(6-7-14(11)17(19,20)21)9-13(10-24)18-22-15(2,3)16(4,5)23-18/h6-9,24H,10H2,1-5H3. The molecule has 0 bridgehead atoms. The molecule has 1 fully saturated rings. The van der Waals surface area contributed by atoms with Crippen LogP contribution in [0, 0.1) is 6.92 Å². The van der Waals surface area contributed by atoms with Gasteiger partial charge in [-0.15, -0.1) is 0 Å². The zero-order valence-electron chi connectivity index (χ0n) is 14.5. The molecule has 1 heterocycles. The molecule has 0 atom stereocenters. The summed E-state index contributed by atoms with van der Waals surface area (Å²) in [5.74, 6) is 0.386. The molecule has 1 aliphatic heterocycles. The van der Waals surface area contributed by atoms with E-state index in [9.17, 15) is 13.2 Å². The molecule has 0 aromatic heterocycles. The summed E-state index contributed by atoms with van der Waals surface area (Å²) in [5.41, 5.74) is 0.0488. The second kappa shape index (κ2) is 6.43. The van der Waals surface area contributed by atoms with Gasteiger partial charge in [0.2, 0.25) is 0 Å². The molecule has 1 aliphatic rings. The highest BCUT2D eigenvalue weighted by atomic mass is 32.1. The number of thiol groups is 1. The number of benzene rings is 1. The number of alkyl halides is 3. The second-order valence-corrected chi connectivity index (χ2v) is 7.35. The van der Waals surface area contributed by atoms with Crippen molar-refractivity contribution in [2.45, 2.75) is 52.0 Å². The van der Waals surface area contributed by atoms with E-state index in [2.05, 4.69) is 12.6 Å². The first kappa shape index (κ1) is 19.4. The molecule has 0 N–H and O–H groups in total. The first-order valence-corrected chi connectivity index (χ1v) is 8.35. The molecular formula is C17H22BF3O2S. The number of rotatable bonds is 3. The first-order valence-electron chi connectivity index (χ1n) is 7.72. The van der Waals surface area contributed by atoms with Crippen molar-refractivity contribution in [2.24, 2.45) is 0 Å². The third-order valence-corrected chi connectivity index (χ3v) is 5.01. The summed E-state index contributed by atoms with van der Waals surface area (Å²) in [6, 6.07) is 4.06. The van der Waals surface area contributed by atoms with Crippen molar-refractivity contribution in [3.05, 3.63) is 40.4 Å². The Morgan fingerprint density at radius 3 is 2.12 bits per heavy atom. The van der Waals surface area contributed by atoms with Crippen LogP contribution in [0.1, 0.15) is 44.4 Å². The molecule has 0 unspecified atom stereocenters. The number of aryl methyl sites for hydroxylation is 1. The minimum Gasteiger partial charge on any atom is -0.400 e. The van der Waals surface area contributed by atoms with Crippen molar-refractivity contribution in [1.82, 2.24) is 0 Å². The molecule has 0 aliphatic carbocycles. The third-order valence-electron chi connectivity index (χ3n) is 4.65. The van der Waals surface area contributed by atoms with Crippen LogP contribution < -0.4 is 0 Å². The quantitative estimate of drug-likeness (QED) is 0.608. The molecule has 132 valence electrons. The summed E-state index contributed by atoms with van der Waals surface area (Å²) in [6.45, 7) is 9.25. The van der Waals surface area contributed by atoms with Crippen LogP contribution in [0.25, 0.3) is 6.08 Å².